The molecule has 0 aromatic rings. The van der Waals surface area contributed by atoms with Gasteiger partial charge in [0.25, 0.3) is 0 Å². The van der Waals surface area contributed by atoms with E-state index in [1.807, 2.05) is 0 Å². The second kappa shape index (κ2) is 3.51. The Morgan fingerprint density at radius 2 is 2.14 bits per heavy atom. The van der Waals surface area contributed by atoms with Gasteiger partial charge < -0.3 is 15.6 Å². The second-order valence-corrected chi connectivity index (χ2v) is 4.97. The predicted molar refractivity (Wildman–Crippen MR) is 52.3 cm³/mol. The van der Waals surface area contributed by atoms with Crippen molar-refractivity contribution in [1.29, 1.82) is 0 Å². The summed E-state index contributed by atoms with van der Waals surface area (Å²) in [5.41, 5.74) is 3.71. The number of esters is 1. The molecule has 1 aliphatic rings. The Bertz CT molecular complexity index is 230. The highest BCUT2D eigenvalue weighted by atomic mass is 16.6. The Morgan fingerprint density at radius 3 is 2.50 bits per heavy atom. The third kappa shape index (κ3) is 2.69. The maximum absolute atomic E-state index is 11.6. The summed E-state index contributed by atoms with van der Waals surface area (Å²) in [4.78, 5) is 11.6. The minimum absolute atomic E-state index is 0.389. The lowest BCUT2D eigenvalue weighted by Gasteiger charge is -2.27. The number of carbonyl (C=O) groups is 1. The summed E-state index contributed by atoms with van der Waals surface area (Å²) >= 11 is 0. The highest BCUT2D eigenvalue weighted by Crippen LogP contribution is 2.33. The molecule has 82 valence electrons. The normalized spacial score (nSPS) is 33.1. The van der Waals surface area contributed by atoms with Gasteiger partial charge in [0.2, 0.25) is 0 Å². The van der Waals surface area contributed by atoms with Crippen LogP contribution in [0.2, 0.25) is 0 Å². The van der Waals surface area contributed by atoms with E-state index < -0.39 is 17.2 Å². The van der Waals surface area contributed by atoms with E-state index in [2.05, 4.69) is 0 Å². The quantitative estimate of drug-likeness (QED) is 0.485. The number of nitrogens with two attached hydrogens (primary N) is 1. The molecule has 0 amide bonds. The van der Waals surface area contributed by atoms with Gasteiger partial charge in [0.05, 0.1) is 5.92 Å². The van der Waals surface area contributed by atoms with Crippen LogP contribution in [0.3, 0.4) is 0 Å². The van der Waals surface area contributed by atoms with Crippen molar-refractivity contribution in [3.8, 4) is 0 Å². The molecule has 0 aromatic heterocycles. The Kier molecular flexibility index (Phi) is 2.88. The summed E-state index contributed by atoms with van der Waals surface area (Å²) in [5.74, 6) is -0.957. The largest absolute Gasteiger partial charge is 0.460 e. The maximum atomic E-state index is 11.6. The minimum atomic E-state index is -1.37. The highest BCUT2D eigenvalue weighted by molar-refractivity contribution is 5.74. The van der Waals surface area contributed by atoms with E-state index in [0.29, 0.717) is 12.8 Å². The Labute approximate surface area is 84.4 Å². The molecule has 2 atom stereocenters. The second-order valence-electron chi connectivity index (χ2n) is 4.97. The van der Waals surface area contributed by atoms with Crippen molar-refractivity contribution in [3.05, 3.63) is 0 Å². The molecule has 1 rings (SSSR count). The van der Waals surface area contributed by atoms with Crippen LogP contribution >= 0.6 is 0 Å². The number of hydrogen-bond acceptors (Lipinski definition) is 4. The fourth-order valence-electron chi connectivity index (χ4n) is 1.71. The first kappa shape index (κ1) is 11.5. The van der Waals surface area contributed by atoms with E-state index in [4.69, 9.17) is 10.5 Å². The molecule has 1 aliphatic carbocycles. The van der Waals surface area contributed by atoms with E-state index in [-0.39, 0.29) is 5.97 Å². The SMILES string of the molecule is CC(C)(C)OC(=O)C1CCCC1(N)O. The van der Waals surface area contributed by atoms with Gasteiger partial charge in [0, 0.05) is 0 Å². The lowest BCUT2D eigenvalue weighted by Crippen LogP contribution is -2.48. The zero-order chi connectivity index (χ0) is 11.0. The van der Waals surface area contributed by atoms with Gasteiger partial charge in [0.1, 0.15) is 11.3 Å². The lowest BCUT2D eigenvalue weighted by molar-refractivity contribution is -0.167. The van der Waals surface area contributed by atoms with E-state index >= 15 is 0 Å². The topological polar surface area (TPSA) is 72.5 Å². The molecule has 0 heterocycles. The van der Waals surface area contributed by atoms with Gasteiger partial charge in [-0.25, -0.2) is 0 Å². The first-order valence-electron chi connectivity index (χ1n) is 4.96. The average Bonchev–Trinajstić information content (AvgIpc) is 2.25. The fourth-order valence-corrected chi connectivity index (χ4v) is 1.71. The standard InChI is InChI=1S/C10H19NO3/c1-9(2,3)14-8(12)7-5-4-6-10(7,11)13/h7,13H,4-6,11H2,1-3H3. The molecule has 0 radical (unpaired) electrons. The number of ether oxygens (including phenoxy) is 1. The molecule has 1 fully saturated rings. The third-order valence-corrected chi connectivity index (χ3v) is 2.36. The first-order valence-corrected chi connectivity index (χ1v) is 4.96. The summed E-state index contributed by atoms with van der Waals surface area (Å²) in [6, 6.07) is 0. The summed E-state index contributed by atoms with van der Waals surface area (Å²) < 4.78 is 5.18. The maximum Gasteiger partial charge on any atom is 0.313 e. The van der Waals surface area contributed by atoms with Crippen LogP contribution in [-0.4, -0.2) is 22.4 Å². The van der Waals surface area contributed by atoms with E-state index in [1.165, 1.54) is 0 Å². The van der Waals surface area contributed by atoms with Crippen molar-refractivity contribution in [3.63, 3.8) is 0 Å². The molecule has 0 aliphatic heterocycles. The van der Waals surface area contributed by atoms with E-state index in [0.717, 1.165) is 6.42 Å². The molecule has 0 aromatic carbocycles. The van der Waals surface area contributed by atoms with Crippen LogP contribution < -0.4 is 5.73 Å². The Hall–Kier alpha value is -0.610. The van der Waals surface area contributed by atoms with Crippen molar-refractivity contribution >= 4 is 5.97 Å². The van der Waals surface area contributed by atoms with Crippen LogP contribution in [0.15, 0.2) is 0 Å². The molecule has 2 unspecified atom stereocenters. The zero-order valence-electron chi connectivity index (χ0n) is 9.04. The average molecular weight is 201 g/mol. The molecule has 0 saturated heterocycles. The van der Waals surface area contributed by atoms with Crippen LogP contribution in [0.4, 0.5) is 0 Å². The molecular formula is C10H19NO3. The van der Waals surface area contributed by atoms with Crippen molar-refractivity contribution in [1.82, 2.24) is 0 Å². The van der Waals surface area contributed by atoms with Crippen LogP contribution in [-0.2, 0) is 9.53 Å². The van der Waals surface area contributed by atoms with E-state index in [1.54, 1.807) is 20.8 Å². The van der Waals surface area contributed by atoms with Gasteiger partial charge in [0.15, 0.2) is 0 Å². The van der Waals surface area contributed by atoms with Gasteiger partial charge in [-0.15, -0.1) is 0 Å². The summed E-state index contributed by atoms with van der Waals surface area (Å²) in [5, 5.41) is 9.70. The van der Waals surface area contributed by atoms with Gasteiger partial charge in [-0.2, -0.15) is 0 Å². The van der Waals surface area contributed by atoms with Gasteiger partial charge in [-0.05, 0) is 40.0 Å². The Balaban J connectivity index is 2.62. The molecule has 0 spiro atoms. The highest BCUT2D eigenvalue weighted by Gasteiger charge is 2.44. The fraction of sp³-hybridized carbons (Fsp3) is 0.900. The molecule has 1 saturated carbocycles. The van der Waals surface area contributed by atoms with Crippen molar-refractivity contribution in [2.24, 2.45) is 11.7 Å². The van der Waals surface area contributed by atoms with Crippen molar-refractivity contribution < 1.29 is 14.6 Å². The van der Waals surface area contributed by atoms with E-state index in [9.17, 15) is 9.90 Å². The summed E-state index contributed by atoms with van der Waals surface area (Å²) in [6.45, 7) is 5.40. The van der Waals surface area contributed by atoms with Crippen LogP contribution in [0, 0.1) is 5.92 Å². The third-order valence-electron chi connectivity index (χ3n) is 2.36. The molecule has 3 N–H and O–H groups in total. The van der Waals surface area contributed by atoms with Crippen molar-refractivity contribution in [2.75, 3.05) is 0 Å². The number of hydrogen-bond donors (Lipinski definition) is 2. The molecule has 14 heavy (non-hydrogen) atoms. The number of aliphatic hydroxyl groups is 1. The first-order chi connectivity index (χ1) is 6.22. The zero-order valence-corrected chi connectivity index (χ0v) is 9.04. The van der Waals surface area contributed by atoms with Gasteiger partial charge in [-0.1, -0.05) is 0 Å². The smallest absolute Gasteiger partial charge is 0.313 e. The van der Waals surface area contributed by atoms with Gasteiger partial charge in [-0.3, -0.25) is 4.79 Å². The molecule has 4 heteroatoms. The van der Waals surface area contributed by atoms with Crippen LogP contribution in [0.5, 0.6) is 0 Å². The van der Waals surface area contributed by atoms with Crippen molar-refractivity contribution in [2.45, 2.75) is 51.4 Å². The summed E-state index contributed by atoms with van der Waals surface area (Å²) in [7, 11) is 0. The van der Waals surface area contributed by atoms with Gasteiger partial charge >= 0.3 is 5.97 Å². The Morgan fingerprint density at radius 1 is 1.57 bits per heavy atom. The van der Waals surface area contributed by atoms with Crippen LogP contribution in [0.25, 0.3) is 0 Å². The van der Waals surface area contributed by atoms with Crippen LogP contribution in [0.1, 0.15) is 40.0 Å². The molecule has 0 bridgehead atoms. The monoisotopic (exact) mass is 201 g/mol. The predicted octanol–water partition coefficient (Wildman–Crippen LogP) is 0.776. The summed E-state index contributed by atoms with van der Waals surface area (Å²) in [6.07, 6.45) is 1.86. The number of carbonyl (C=O) groups excluding carboxylic acids is 1. The molecular weight excluding hydrogens is 182 g/mol. The molecule has 4 nitrogen and oxygen atoms in total. The number of rotatable bonds is 1. The lowest BCUT2D eigenvalue weighted by atomic mass is 10.0. The minimum Gasteiger partial charge on any atom is -0.460 e.